The number of nitrogens with zero attached hydrogens (tertiary/aromatic N) is 5. The number of anilines is 2. The van der Waals surface area contributed by atoms with Gasteiger partial charge in [0.25, 0.3) is 5.91 Å². The number of amides is 1. The third kappa shape index (κ3) is 5.05. The van der Waals surface area contributed by atoms with E-state index in [1.165, 1.54) is 12.1 Å². The Hall–Kier alpha value is -4.74. The predicted molar refractivity (Wildman–Crippen MR) is 139 cm³/mol. The molecular formula is C26H26F2N8O2. The highest BCUT2D eigenvalue weighted by Crippen LogP contribution is 2.28. The molecular weight excluding hydrogens is 494 g/mol. The van der Waals surface area contributed by atoms with Gasteiger partial charge in [-0.05, 0) is 55.0 Å². The van der Waals surface area contributed by atoms with Crippen molar-refractivity contribution in [2.75, 3.05) is 31.5 Å². The molecule has 0 aliphatic carbocycles. The average Bonchev–Trinajstić information content (AvgIpc) is 3.34. The van der Waals surface area contributed by atoms with E-state index in [0.717, 1.165) is 22.5 Å². The van der Waals surface area contributed by atoms with Gasteiger partial charge in [0.05, 0.1) is 11.9 Å². The number of ether oxygens (including phenoxy) is 1. The standard InChI is InChI=1S/C26H26F2N8O2/c1-16-14-18(4-7-20(16)24(37)34-10-12-35(13-11-34)26(29)30)33-22-23-32-15-21(36(23)9-8-31-22)17-2-5-19(6-3-17)38-25(27)28/h2-9,14-15,25H,10-13H2,1H3,(H3,29,30)(H,31,33). The van der Waals surface area contributed by atoms with Crippen LogP contribution in [0, 0.1) is 12.3 Å². The van der Waals surface area contributed by atoms with E-state index in [1.807, 2.05) is 23.5 Å². The van der Waals surface area contributed by atoms with E-state index in [2.05, 4.69) is 20.0 Å². The van der Waals surface area contributed by atoms with E-state index in [9.17, 15) is 13.6 Å². The van der Waals surface area contributed by atoms with E-state index < -0.39 is 6.61 Å². The van der Waals surface area contributed by atoms with Crippen LogP contribution < -0.4 is 15.8 Å². The quantitative estimate of drug-likeness (QED) is 0.262. The van der Waals surface area contributed by atoms with E-state index in [-0.39, 0.29) is 17.6 Å². The van der Waals surface area contributed by atoms with Crippen molar-refractivity contribution in [2.45, 2.75) is 13.5 Å². The van der Waals surface area contributed by atoms with Crippen molar-refractivity contribution in [1.82, 2.24) is 24.2 Å². The van der Waals surface area contributed by atoms with Gasteiger partial charge in [0.15, 0.2) is 17.4 Å². The zero-order valence-electron chi connectivity index (χ0n) is 20.6. The first-order chi connectivity index (χ1) is 18.3. The van der Waals surface area contributed by atoms with E-state index in [4.69, 9.17) is 11.1 Å². The zero-order valence-corrected chi connectivity index (χ0v) is 20.6. The van der Waals surface area contributed by atoms with Crippen LogP contribution >= 0.6 is 0 Å². The molecule has 0 atom stereocenters. The Labute approximate surface area is 217 Å². The Morgan fingerprint density at radius 2 is 1.79 bits per heavy atom. The molecule has 4 aromatic rings. The predicted octanol–water partition coefficient (Wildman–Crippen LogP) is 3.70. The van der Waals surface area contributed by atoms with Crippen LogP contribution in [0.15, 0.2) is 61.1 Å². The van der Waals surface area contributed by atoms with Gasteiger partial charge in [-0.3, -0.25) is 14.6 Å². The molecule has 0 spiro atoms. The molecule has 1 amide bonds. The van der Waals surface area contributed by atoms with Gasteiger partial charge in [-0.25, -0.2) is 9.97 Å². The minimum absolute atomic E-state index is 0.0225. The maximum Gasteiger partial charge on any atom is 0.387 e. The third-order valence-corrected chi connectivity index (χ3v) is 6.43. The van der Waals surface area contributed by atoms with Crippen molar-refractivity contribution >= 4 is 29.0 Å². The largest absolute Gasteiger partial charge is 0.435 e. The van der Waals surface area contributed by atoms with Crippen LogP contribution in [0.5, 0.6) is 5.75 Å². The van der Waals surface area contributed by atoms with Gasteiger partial charge >= 0.3 is 6.61 Å². The number of alkyl halides is 2. The number of fused-ring (bicyclic) bond motifs is 1. The van der Waals surface area contributed by atoms with Crippen molar-refractivity contribution in [3.05, 3.63) is 72.2 Å². The van der Waals surface area contributed by atoms with Gasteiger partial charge < -0.3 is 25.6 Å². The Kier molecular flexibility index (Phi) is 6.77. The SMILES string of the molecule is Cc1cc(Nc2nccn3c(-c4ccc(OC(F)F)cc4)cnc23)ccc1C(=O)N1CCN(C(=N)N)CC1. The molecule has 0 bridgehead atoms. The highest BCUT2D eigenvalue weighted by Gasteiger charge is 2.24. The van der Waals surface area contributed by atoms with Crippen LogP contribution in [0.4, 0.5) is 20.3 Å². The van der Waals surface area contributed by atoms with Crippen LogP contribution in [0.3, 0.4) is 0 Å². The summed E-state index contributed by atoms with van der Waals surface area (Å²) in [7, 11) is 0. The number of guanidine groups is 1. The van der Waals surface area contributed by atoms with Gasteiger partial charge in [0, 0.05) is 55.4 Å². The highest BCUT2D eigenvalue weighted by molar-refractivity contribution is 5.96. The molecule has 1 aliphatic rings. The molecule has 0 radical (unpaired) electrons. The lowest BCUT2D eigenvalue weighted by molar-refractivity contribution is -0.0498. The maximum atomic E-state index is 13.1. The summed E-state index contributed by atoms with van der Waals surface area (Å²) in [5.74, 6) is 0.571. The fraction of sp³-hybridized carbons (Fsp3) is 0.231. The summed E-state index contributed by atoms with van der Waals surface area (Å²) >= 11 is 0. The first-order valence-electron chi connectivity index (χ1n) is 11.9. The number of rotatable bonds is 6. The van der Waals surface area contributed by atoms with Gasteiger partial charge in [-0.15, -0.1) is 0 Å². The van der Waals surface area contributed by atoms with Gasteiger partial charge in [0.2, 0.25) is 0 Å². The molecule has 2 aromatic heterocycles. The summed E-state index contributed by atoms with van der Waals surface area (Å²) in [6, 6.07) is 11.8. The number of piperazine rings is 1. The molecule has 4 N–H and O–H groups in total. The van der Waals surface area contributed by atoms with Crippen molar-refractivity contribution in [2.24, 2.45) is 5.73 Å². The molecule has 0 unspecified atom stereocenters. The van der Waals surface area contributed by atoms with Crippen molar-refractivity contribution in [3.63, 3.8) is 0 Å². The van der Waals surface area contributed by atoms with E-state index in [0.29, 0.717) is 43.2 Å². The molecule has 1 fully saturated rings. The lowest BCUT2D eigenvalue weighted by atomic mass is 10.1. The summed E-state index contributed by atoms with van der Waals surface area (Å²) in [6.45, 7) is 1.09. The maximum absolute atomic E-state index is 13.1. The Bertz CT molecular complexity index is 1480. The second kappa shape index (κ2) is 10.3. The molecule has 38 heavy (non-hydrogen) atoms. The number of carbonyl (C=O) groups is 1. The van der Waals surface area contributed by atoms with Gasteiger partial charge in [0.1, 0.15) is 5.75 Å². The minimum Gasteiger partial charge on any atom is -0.435 e. The lowest BCUT2D eigenvalue weighted by Gasteiger charge is -2.35. The van der Waals surface area contributed by atoms with E-state index in [1.54, 1.807) is 46.6 Å². The van der Waals surface area contributed by atoms with Crippen LogP contribution in [0.2, 0.25) is 0 Å². The molecule has 1 aliphatic heterocycles. The van der Waals surface area contributed by atoms with Crippen LogP contribution in [0.1, 0.15) is 15.9 Å². The molecule has 1 saturated heterocycles. The number of imidazole rings is 1. The molecule has 12 heteroatoms. The molecule has 10 nitrogen and oxygen atoms in total. The van der Waals surface area contributed by atoms with Crippen LogP contribution in [-0.4, -0.2) is 68.8 Å². The fourth-order valence-electron chi connectivity index (χ4n) is 4.47. The molecule has 5 rings (SSSR count). The topological polar surface area (TPSA) is 125 Å². The van der Waals surface area contributed by atoms with Crippen LogP contribution in [-0.2, 0) is 0 Å². The normalized spacial score (nSPS) is 13.7. The van der Waals surface area contributed by atoms with E-state index >= 15 is 0 Å². The van der Waals surface area contributed by atoms with Crippen LogP contribution in [0.25, 0.3) is 16.9 Å². The average molecular weight is 521 g/mol. The minimum atomic E-state index is -2.88. The third-order valence-electron chi connectivity index (χ3n) is 6.43. The number of carbonyl (C=O) groups excluding carboxylic acids is 1. The Morgan fingerprint density at radius 3 is 2.45 bits per heavy atom. The van der Waals surface area contributed by atoms with Crippen molar-refractivity contribution in [1.29, 1.82) is 5.41 Å². The first kappa shape index (κ1) is 24.9. The lowest BCUT2D eigenvalue weighted by Crippen LogP contribution is -2.52. The molecule has 3 heterocycles. The van der Waals surface area contributed by atoms with Crippen molar-refractivity contribution < 1.29 is 18.3 Å². The second-order valence-corrected chi connectivity index (χ2v) is 8.83. The number of nitrogens with one attached hydrogen (secondary N) is 2. The Morgan fingerprint density at radius 1 is 1.08 bits per heavy atom. The number of nitrogens with two attached hydrogens (primary N) is 1. The second-order valence-electron chi connectivity index (χ2n) is 8.83. The summed E-state index contributed by atoms with van der Waals surface area (Å²) < 4.78 is 31.2. The molecule has 196 valence electrons. The fourth-order valence-corrected chi connectivity index (χ4v) is 4.47. The summed E-state index contributed by atoms with van der Waals surface area (Å²) in [5.41, 5.74) is 9.84. The summed E-state index contributed by atoms with van der Waals surface area (Å²) in [6.07, 6.45) is 5.09. The molecule has 0 saturated carbocycles. The van der Waals surface area contributed by atoms with Crippen molar-refractivity contribution in [3.8, 4) is 17.0 Å². The van der Waals surface area contributed by atoms with Gasteiger partial charge in [-0.1, -0.05) is 0 Å². The number of halogens is 2. The first-order valence-corrected chi connectivity index (χ1v) is 11.9. The number of benzene rings is 2. The smallest absolute Gasteiger partial charge is 0.387 e. The number of hydrogen-bond donors (Lipinski definition) is 3. The van der Waals surface area contributed by atoms with Gasteiger partial charge in [-0.2, -0.15) is 8.78 Å². The highest BCUT2D eigenvalue weighted by atomic mass is 19.3. The zero-order chi connectivity index (χ0) is 26.8. The number of hydrogen-bond acceptors (Lipinski definition) is 6. The Balaban J connectivity index is 1.33. The monoisotopic (exact) mass is 520 g/mol. The summed E-state index contributed by atoms with van der Waals surface area (Å²) in [5, 5.41) is 10.8. The number of aromatic nitrogens is 3. The summed E-state index contributed by atoms with van der Waals surface area (Å²) in [4.78, 5) is 25.5. The number of aryl methyl sites for hydroxylation is 1. The molecule has 2 aromatic carbocycles.